The Morgan fingerprint density at radius 1 is 1.16 bits per heavy atom. The Morgan fingerprint density at radius 3 is 2.47 bits per heavy atom. The third kappa shape index (κ3) is 4.82. The van der Waals surface area contributed by atoms with Crippen LogP contribution in [0.1, 0.15) is 51.4 Å². The molecular formula is C14H24N2O3. The smallest absolute Gasteiger partial charge is 0.303 e. The number of hydrogen-bond donors (Lipinski definition) is 3. The molecule has 2 rings (SSSR count). The maximum atomic E-state index is 11.8. The lowest BCUT2D eigenvalue weighted by Crippen LogP contribution is -2.39. The van der Waals surface area contributed by atoms with Crippen LogP contribution in [0.5, 0.6) is 0 Å². The molecule has 0 aromatic rings. The normalized spacial score (nSPS) is 29.2. The van der Waals surface area contributed by atoms with Crippen LogP contribution in [0.25, 0.3) is 0 Å². The highest BCUT2D eigenvalue weighted by Crippen LogP contribution is 2.32. The number of carbonyl (C=O) groups is 2. The van der Waals surface area contributed by atoms with Gasteiger partial charge in [-0.1, -0.05) is 0 Å². The van der Waals surface area contributed by atoms with E-state index in [-0.39, 0.29) is 12.3 Å². The summed E-state index contributed by atoms with van der Waals surface area (Å²) in [5, 5.41) is 15.0. The summed E-state index contributed by atoms with van der Waals surface area (Å²) in [6.07, 6.45) is 6.98. The van der Waals surface area contributed by atoms with E-state index in [1.807, 2.05) is 0 Å². The van der Waals surface area contributed by atoms with E-state index in [9.17, 15) is 9.59 Å². The second-order valence-electron chi connectivity index (χ2n) is 5.88. The lowest BCUT2D eigenvalue weighted by molar-refractivity contribution is -0.137. The first-order valence-electron chi connectivity index (χ1n) is 7.38. The molecule has 0 spiro atoms. The third-order valence-electron chi connectivity index (χ3n) is 4.18. The Balaban J connectivity index is 1.56. The van der Waals surface area contributed by atoms with Gasteiger partial charge in [-0.25, -0.2) is 0 Å². The standard InChI is InChI=1S/C14H24N2O3/c17-13(15-6-2-1-3-14(18)19)9-10-7-11-4-5-12(8-10)16-11/h10-12,16H,1-9H2,(H,15,17)(H,18,19). The molecule has 2 bridgehead atoms. The van der Waals surface area contributed by atoms with Crippen LogP contribution in [0.15, 0.2) is 0 Å². The summed E-state index contributed by atoms with van der Waals surface area (Å²) in [4.78, 5) is 22.1. The number of nitrogens with one attached hydrogen (secondary N) is 2. The van der Waals surface area contributed by atoms with Crippen LogP contribution in [0.3, 0.4) is 0 Å². The minimum absolute atomic E-state index is 0.127. The second-order valence-corrected chi connectivity index (χ2v) is 5.88. The van der Waals surface area contributed by atoms with Gasteiger partial charge >= 0.3 is 5.97 Å². The molecule has 2 unspecified atom stereocenters. The lowest BCUT2D eigenvalue weighted by atomic mass is 9.89. The number of fused-ring (bicyclic) bond motifs is 2. The summed E-state index contributed by atoms with van der Waals surface area (Å²) in [7, 11) is 0. The van der Waals surface area contributed by atoms with Gasteiger partial charge in [0.25, 0.3) is 0 Å². The Hall–Kier alpha value is -1.10. The van der Waals surface area contributed by atoms with Gasteiger partial charge in [0.1, 0.15) is 0 Å². The summed E-state index contributed by atoms with van der Waals surface area (Å²) in [6, 6.07) is 1.26. The molecule has 2 atom stereocenters. The van der Waals surface area contributed by atoms with Crippen molar-refractivity contribution >= 4 is 11.9 Å². The molecule has 2 fully saturated rings. The molecule has 3 N–H and O–H groups in total. The topological polar surface area (TPSA) is 78.4 Å². The predicted molar refractivity (Wildman–Crippen MR) is 71.8 cm³/mol. The lowest BCUT2D eigenvalue weighted by Gasteiger charge is -2.28. The molecule has 0 aromatic carbocycles. The van der Waals surface area contributed by atoms with E-state index in [0.29, 0.717) is 37.4 Å². The van der Waals surface area contributed by atoms with E-state index < -0.39 is 5.97 Å². The number of carboxylic acids is 1. The Morgan fingerprint density at radius 2 is 1.84 bits per heavy atom. The first-order valence-corrected chi connectivity index (χ1v) is 7.38. The van der Waals surface area contributed by atoms with E-state index >= 15 is 0 Å². The minimum atomic E-state index is -0.767. The van der Waals surface area contributed by atoms with Crippen LogP contribution in [-0.4, -0.2) is 35.6 Å². The fourth-order valence-corrected chi connectivity index (χ4v) is 3.31. The zero-order valence-corrected chi connectivity index (χ0v) is 11.4. The average Bonchev–Trinajstić information content (AvgIpc) is 2.68. The minimum Gasteiger partial charge on any atom is -0.481 e. The van der Waals surface area contributed by atoms with Gasteiger partial charge in [0, 0.05) is 31.5 Å². The van der Waals surface area contributed by atoms with Crippen molar-refractivity contribution in [2.24, 2.45) is 5.92 Å². The molecular weight excluding hydrogens is 244 g/mol. The monoisotopic (exact) mass is 268 g/mol. The number of piperidine rings is 1. The van der Waals surface area contributed by atoms with Crippen LogP contribution in [-0.2, 0) is 9.59 Å². The van der Waals surface area contributed by atoms with Crippen molar-refractivity contribution in [3.8, 4) is 0 Å². The van der Waals surface area contributed by atoms with E-state index in [2.05, 4.69) is 10.6 Å². The molecule has 1 amide bonds. The molecule has 2 aliphatic heterocycles. The maximum Gasteiger partial charge on any atom is 0.303 e. The largest absolute Gasteiger partial charge is 0.481 e. The van der Waals surface area contributed by atoms with Crippen molar-refractivity contribution in [2.45, 2.75) is 63.5 Å². The molecule has 108 valence electrons. The fourth-order valence-electron chi connectivity index (χ4n) is 3.31. The predicted octanol–water partition coefficient (Wildman–Crippen LogP) is 1.28. The number of aliphatic carboxylic acids is 1. The van der Waals surface area contributed by atoms with Crippen molar-refractivity contribution in [3.05, 3.63) is 0 Å². The van der Waals surface area contributed by atoms with E-state index in [1.54, 1.807) is 0 Å². The average molecular weight is 268 g/mol. The molecule has 2 saturated heterocycles. The van der Waals surface area contributed by atoms with Crippen LogP contribution in [0.4, 0.5) is 0 Å². The molecule has 2 heterocycles. The molecule has 2 aliphatic rings. The van der Waals surface area contributed by atoms with Crippen LogP contribution in [0.2, 0.25) is 0 Å². The van der Waals surface area contributed by atoms with Crippen LogP contribution in [0, 0.1) is 5.92 Å². The third-order valence-corrected chi connectivity index (χ3v) is 4.18. The van der Waals surface area contributed by atoms with E-state index in [1.165, 1.54) is 12.8 Å². The number of carbonyl (C=O) groups excluding carboxylic acids is 1. The molecule has 5 nitrogen and oxygen atoms in total. The summed E-state index contributed by atoms with van der Waals surface area (Å²) in [6.45, 7) is 0.601. The van der Waals surface area contributed by atoms with Crippen molar-refractivity contribution in [2.75, 3.05) is 6.54 Å². The van der Waals surface area contributed by atoms with Crippen molar-refractivity contribution < 1.29 is 14.7 Å². The maximum absolute atomic E-state index is 11.8. The van der Waals surface area contributed by atoms with Crippen molar-refractivity contribution in [3.63, 3.8) is 0 Å². The highest BCUT2D eigenvalue weighted by atomic mass is 16.4. The second kappa shape index (κ2) is 6.89. The van der Waals surface area contributed by atoms with Gasteiger partial charge in [0.05, 0.1) is 0 Å². The zero-order valence-electron chi connectivity index (χ0n) is 11.4. The summed E-state index contributed by atoms with van der Waals surface area (Å²) >= 11 is 0. The van der Waals surface area contributed by atoms with Crippen LogP contribution >= 0.6 is 0 Å². The first kappa shape index (κ1) is 14.3. The van der Waals surface area contributed by atoms with Crippen molar-refractivity contribution in [1.82, 2.24) is 10.6 Å². The Bertz CT molecular complexity index is 321. The van der Waals surface area contributed by atoms with Gasteiger partial charge in [0.15, 0.2) is 0 Å². The number of hydrogen-bond acceptors (Lipinski definition) is 3. The SMILES string of the molecule is O=C(O)CCCCNC(=O)CC1CC2CCC(C1)N2. The Labute approximate surface area is 114 Å². The molecule has 19 heavy (non-hydrogen) atoms. The van der Waals surface area contributed by atoms with Gasteiger partial charge in [-0.15, -0.1) is 0 Å². The van der Waals surface area contributed by atoms with Gasteiger partial charge in [-0.2, -0.15) is 0 Å². The van der Waals surface area contributed by atoms with Crippen LogP contribution < -0.4 is 10.6 Å². The molecule has 5 heteroatoms. The number of unbranched alkanes of at least 4 members (excludes halogenated alkanes) is 1. The molecule has 0 aromatic heterocycles. The molecule has 0 radical (unpaired) electrons. The van der Waals surface area contributed by atoms with Gasteiger partial charge in [-0.3, -0.25) is 9.59 Å². The Kier molecular flexibility index (Phi) is 5.19. The number of amides is 1. The molecule has 0 aliphatic carbocycles. The fraction of sp³-hybridized carbons (Fsp3) is 0.857. The van der Waals surface area contributed by atoms with E-state index in [4.69, 9.17) is 5.11 Å². The van der Waals surface area contributed by atoms with Gasteiger partial charge in [0.2, 0.25) is 5.91 Å². The quantitative estimate of drug-likeness (QED) is 0.608. The highest BCUT2D eigenvalue weighted by Gasteiger charge is 2.33. The van der Waals surface area contributed by atoms with Crippen molar-refractivity contribution in [1.29, 1.82) is 0 Å². The highest BCUT2D eigenvalue weighted by molar-refractivity contribution is 5.76. The molecule has 0 saturated carbocycles. The number of carboxylic acid groups (broad SMARTS) is 1. The first-order chi connectivity index (χ1) is 9.13. The van der Waals surface area contributed by atoms with Gasteiger partial charge < -0.3 is 15.7 Å². The summed E-state index contributed by atoms with van der Waals surface area (Å²) in [5.74, 6) is -0.115. The zero-order chi connectivity index (χ0) is 13.7. The summed E-state index contributed by atoms with van der Waals surface area (Å²) in [5.41, 5.74) is 0. The number of rotatable bonds is 7. The van der Waals surface area contributed by atoms with E-state index in [0.717, 1.165) is 19.3 Å². The van der Waals surface area contributed by atoms with Gasteiger partial charge in [-0.05, 0) is 44.4 Å². The summed E-state index contributed by atoms with van der Waals surface area (Å²) < 4.78 is 0.